The van der Waals surface area contributed by atoms with Crippen LogP contribution in [0.15, 0.2) is 36.4 Å². The van der Waals surface area contributed by atoms with Crippen molar-refractivity contribution in [3.8, 4) is 17.3 Å². The molecule has 2 heterocycles. The van der Waals surface area contributed by atoms with Crippen LogP contribution in [-0.4, -0.2) is 33.2 Å². The number of primary amides is 1. The SMILES string of the molecule is CC(C)(C)c1cc(NC(=O)c2c(-c3ccc(F)c(Cl)c3)nn3c2CN(C(N)=O)CC3)ccc1C#N. The van der Waals surface area contributed by atoms with Crippen molar-refractivity contribution >= 4 is 29.2 Å². The van der Waals surface area contributed by atoms with Gasteiger partial charge in [-0.05, 0) is 47.4 Å². The fraction of sp³-hybridized carbons (Fsp3) is 0.280. The molecule has 8 nitrogen and oxygen atoms in total. The Morgan fingerprint density at radius 1 is 1.20 bits per heavy atom. The number of nitrogens with two attached hydrogens (primary N) is 1. The van der Waals surface area contributed by atoms with Gasteiger partial charge in [0.1, 0.15) is 11.5 Å². The van der Waals surface area contributed by atoms with Crippen LogP contribution in [0.2, 0.25) is 5.02 Å². The molecule has 0 saturated heterocycles. The summed E-state index contributed by atoms with van der Waals surface area (Å²) < 4.78 is 15.5. The molecule has 0 bridgehead atoms. The van der Waals surface area contributed by atoms with E-state index >= 15 is 0 Å². The molecule has 0 spiro atoms. The van der Waals surface area contributed by atoms with Crippen molar-refractivity contribution in [1.82, 2.24) is 14.7 Å². The van der Waals surface area contributed by atoms with Gasteiger partial charge in [-0.1, -0.05) is 32.4 Å². The van der Waals surface area contributed by atoms with E-state index in [-0.39, 0.29) is 22.5 Å². The van der Waals surface area contributed by atoms with Crippen molar-refractivity contribution in [3.05, 3.63) is 69.6 Å². The first-order chi connectivity index (χ1) is 16.5. The topological polar surface area (TPSA) is 117 Å². The van der Waals surface area contributed by atoms with Gasteiger partial charge >= 0.3 is 6.03 Å². The average molecular weight is 495 g/mol. The Morgan fingerprint density at radius 2 is 1.94 bits per heavy atom. The Bertz CT molecular complexity index is 1390. The van der Waals surface area contributed by atoms with E-state index in [2.05, 4.69) is 16.5 Å². The van der Waals surface area contributed by atoms with Crippen LogP contribution >= 0.6 is 11.6 Å². The predicted molar refractivity (Wildman–Crippen MR) is 130 cm³/mol. The van der Waals surface area contributed by atoms with Gasteiger partial charge < -0.3 is 16.0 Å². The highest BCUT2D eigenvalue weighted by molar-refractivity contribution is 6.31. The molecule has 3 N–H and O–H groups in total. The lowest BCUT2D eigenvalue weighted by Crippen LogP contribution is -2.42. The summed E-state index contributed by atoms with van der Waals surface area (Å²) in [6, 6.07) is 10.8. The van der Waals surface area contributed by atoms with E-state index in [1.807, 2.05) is 20.8 Å². The highest BCUT2D eigenvalue weighted by Gasteiger charge is 2.30. The lowest BCUT2D eigenvalue weighted by Gasteiger charge is -2.26. The molecule has 10 heteroatoms. The van der Waals surface area contributed by atoms with Gasteiger partial charge in [0.2, 0.25) is 0 Å². The number of anilines is 1. The molecule has 0 atom stereocenters. The first-order valence-corrected chi connectivity index (χ1v) is 11.3. The molecule has 1 aliphatic rings. The molecule has 1 aliphatic heterocycles. The minimum Gasteiger partial charge on any atom is -0.351 e. The molecule has 4 rings (SSSR count). The predicted octanol–water partition coefficient (Wildman–Crippen LogP) is 4.66. The number of halogens is 2. The van der Waals surface area contributed by atoms with Crippen LogP contribution in [0.5, 0.6) is 0 Å². The number of nitrogens with zero attached hydrogens (tertiary/aromatic N) is 4. The number of rotatable bonds is 3. The van der Waals surface area contributed by atoms with Gasteiger partial charge in [0.05, 0.1) is 41.0 Å². The van der Waals surface area contributed by atoms with Gasteiger partial charge in [0, 0.05) is 17.8 Å². The average Bonchev–Trinajstić information content (AvgIpc) is 3.19. The van der Waals surface area contributed by atoms with Gasteiger partial charge in [0.25, 0.3) is 5.91 Å². The zero-order valence-corrected chi connectivity index (χ0v) is 20.3. The van der Waals surface area contributed by atoms with Crippen LogP contribution in [0.4, 0.5) is 14.9 Å². The molecule has 0 radical (unpaired) electrons. The normalized spacial score (nSPS) is 13.2. The van der Waals surface area contributed by atoms with Crippen molar-refractivity contribution in [3.63, 3.8) is 0 Å². The molecule has 180 valence electrons. The van der Waals surface area contributed by atoms with Crippen LogP contribution in [-0.2, 0) is 18.5 Å². The van der Waals surface area contributed by atoms with Gasteiger partial charge in [-0.3, -0.25) is 9.48 Å². The molecule has 3 aromatic rings. The maximum atomic E-state index is 13.8. The lowest BCUT2D eigenvalue weighted by molar-refractivity contribution is 0.102. The van der Waals surface area contributed by atoms with Crippen LogP contribution in [0.25, 0.3) is 11.3 Å². The second-order valence-electron chi connectivity index (χ2n) is 9.36. The van der Waals surface area contributed by atoms with E-state index < -0.39 is 17.8 Å². The number of aromatic nitrogens is 2. The van der Waals surface area contributed by atoms with E-state index in [4.69, 9.17) is 17.3 Å². The minimum absolute atomic E-state index is 0.0968. The number of nitrogens with one attached hydrogen (secondary N) is 1. The summed E-state index contributed by atoms with van der Waals surface area (Å²) in [5.41, 5.74) is 8.51. The van der Waals surface area contributed by atoms with Crippen LogP contribution < -0.4 is 11.1 Å². The number of nitriles is 1. The Kier molecular flexibility index (Phi) is 6.26. The summed E-state index contributed by atoms with van der Waals surface area (Å²) in [7, 11) is 0. The Labute approximate surface area is 207 Å². The third-order valence-electron chi connectivity index (χ3n) is 5.92. The number of fused-ring (bicyclic) bond motifs is 1. The molecule has 1 aromatic heterocycles. The van der Waals surface area contributed by atoms with Crippen molar-refractivity contribution in [2.75, 3.05) is 11.9 Å². The number of carbonyl (C=O) groups excluding carboxylic acids is 2. The number of urea groups is 1. The number of carbonyl (C=O) groups is 2. The quantitative estimate of drug-likeness (QED) is 0.550. The summed E-state index contributed by atoms with van der Waals surface area (Å²) in [6.45, 7) is 6.74. The Balaban J connectivity index is 1.80. The maximum Gasteiger partial charge on any atom is 0.315 e. The van der Waals surface area contributed by atoms with Gasteiger partial charge in [-0.15, -0.1) is 0 Å². The number of benzene rings is 2. The summed E-state index contributed by atoms with van der Waals surface area (Å²) in [5.74, 6) is -1.05. The molecule has 0 saturated carbocycles. The van der Waals surface area contributed by atoms with Crippen LogP contribution in [0.3, 0.4) is 0 Å². The molecule has 35 heavy (non-hydrogen) atoms. The van der Waals surface area contributed by atoms with Gasteiger partial charge in [-0.2, -0.15) is 10.4 Å². The molecule has 0 fully saturated rings. The summed E-state index contributed by atoms with van der Waals surface area (Å²) in [5, 5.41) is 16.9. The van der Waals surface area contributed by atoms with Crippen LogP contribution in [0.1, 0.15) is 48.0 Å². The first kappa shape index (κ1) is 24.2. The van der Waals surface area contributed by atoms with Crippen LogP contribution in [0, 0.1) is 17.1 Å². The fourth-order valence-corrected chi connectivity index (χ4v) is 4.30. The molecule has 0 aliphatic carbocycles. The largest absolute Gasteiger partial charge is 0.351 e. The van der Waals surface area contributed by atoms with Gasteiger partial charge in [-0.25, -0.2) is 9.18 Å². The van der Waals surface area contributed by atoms with Gasteiger partial charge in [0.15, 0.2) is 0 Å². The zero-order chi connectivity index (χ0) is 25.5. The molecular weight excluding hydrogens is 471 g/mol. The number of hydrogen-bond acceptors (Lipinski definition) is 4. The summed E-state index contributed by atoms with van der Waals surface area (Å²) in [4.78, 5) is 26.9. The molecule has 3 amide bonds. The molecule has 0 unspecified atom stereocenters. The first-order valence-electron chi connectivity index (χ1n) is 10.9. The number of amides is 3. The summed E-state index contributed by atoms with van der Waals surface area (Å²) in [6.07, 6.45) is 0. The second kappa shape index (κ2) is 9.04. The van der Waals surface area contributed by atoms with Crippen molar-refractivity contribution in [1.29, 1.82) is 5.26 Å². The molecule has 2 aromatic carbocycles. The maximum absolute atomic E-state index is 13.8. The third kappa shape index (κ3) is 4.70. The standard InChI is InChI=1S/C25H24ClFN6O2/c1-25(2,3)17-11-16(6-4-15(17)12-28)30-23(34)21-20-13-32(24(29)35)8-9-33(20)31-22(21)14-5-7-19(27)18(26)10-14/h4-7,10-11H,8-9,13H2,1-3H3,(H2,29,35)(H,30,34). The van der Waals surface area contributed by atoms with E-state index in [0.717, 1.165) is 5.56 Å². The Morgan fingerprint density at radius 3 is 2.57 bits per heavy atom. The summed E-state index contributed by atoms with van der Waals surface area (Å²) >= 11 is 6.00. The highest BCUT2D eigenvalue weighted by atomic mass is 35.5. The minimum atomic E-state index is -0.600. The number of hydrogen-bond donors (Lipinski definition) is 2. The van der Waals surface area contributed by atoms with E-state index in [9.17, 15) is 19.2 Å². The van der Waals surface area contributed by atoms with Crippen molar-refractivity contribution < 1.29 is 14.0 Å². The van der Waals surface area contributed by atoms with E-state index in [1.54, 1.807) is 22.9 Å². The smallest absolute Gasteiger partial charge is 0.315 e. The lowest BCUT2D eigenvalue weighted by atomic mass is 9.84. The van der Waals surface area contributed by atoms with Crippen molar-refractivity contribution in [2.45, 2.75) is 39.3 Å². The second-order valence-corrected chi connectivity index (χ2v) is 9.77. The highest BCUT2D eigenvalue weighted by Crippen LogP contribution is 2.33. The van der Waals surface area contributed by atoms with E-state index in [0.29, 0.717) is 41.3 Å². The third-order valence-corrected chi connectivity index (χ3v) is 6.21. The van der Waals surface area contributed by atoms with E-state index in [1.165, 1.54) is 23.1 Å². The zero-order valence-electron chi connectivity index (χ0n) is 19.5. The molecular formula is C25H24ClFN6O2. The monoisotopic (exact) mass is 494 g/mol. The Hall–Kier alpha value is -3.90. The van der Waals surface area contributed by atoms with Crippen molar-refractivity contribution in [2.24, 2.45) is 5.73 Å². The fourth-order valence-electron chi connectivity index (χ4n) is 4.12.